The molecule has 1 heterocycles. The summed E-state index contributed by atoms with van der Waals surface area (Å²) in [4.78, 5) is 4.36. The van der Waals surface area contributed by atoms with Crippen molar-refractivity contribution in [2.45, 2.75) is 9.92 Å². The number of hydrogen-bond donors (Lipinski definition) is 3. The van der Waals surface area contributed by atoms with Gasteiger partial charge in [0.25, 0.3) is 0 Å². The molecule has 1 aromatic heterocycles. The average Bonchev–Trinajstić information content (AvgIpc) is 2.80. The minimum Gasteiger partial charge on any atom is -0.384 e. The molecule has 0 unspecified atom stereocenters. The molecule has 2 aromatic carbocycles. The maximum absolute atomic E-state index is 7.42. The highest BCUT2D eigenvalue weighted by Gasteiger charge is 2.07. The van der Waals surface area contributed by atoms with E-state index in [4.69, 9.17) is 22.7 Å². The van der Waals surface area contributed by atoms with Gasteiger partial charge >= 0.3 is 0 Å². The zero-order valence-electron chi connectivity index (χ0n) is 10.5. The summed E-state index contributed by atoms with van der Waals surface area (Å²) in [6.07, 6.45) is 0. The van der Waals surface area contributed by atoms with E-state index in [2.05, 4.69) is 17.1 Å². The standard InChI is InChI=1S/C15H12ClN3S/c16-12-8-10(5-6-11(12)15(17)18)20-14-7-9-3-1-2-4-13(9)19-14/h1-8,19H,(H3,17,18). The Morgan fingerprint density at radius 2 is 1.95 bits per heavy atom. The van der Waals surface area contributed by atoms with Gasteiger partial charge in [0.05, 0.1) is 10.0 Å². The summed E-state index contributed by atoms with van der Waals surface area (Å²) in [5.41, 5.74) is 7.13. The Bertz CT molecular complexity index is 762. The van der Waals surface area contributed by atoms with Gasteiger partial charge in [-0.3, -0.25) is 5.41 Å². The number of aromatic amines is 1. The Kier molecular flexibility index (Phi) is 3.42. The van der Waals surface area contributed by atoms with Gasteiger partial charge in [0.15, 0.2) is 0 Å². The van der Waals surface area contributed by atoms with Crippen LogP contribution in [0.25, 0.3) is 10.9 Å². The molecule has 4 N–H and O–H groups in total. The molecule has 0 saturated carbocycles. The van der Waals surface area contributed by atoms with Crippen LogP contribution in [0.4, 0.5) is 0 Å². The molecular formula is C15H12ClN3S. The second-order valence-electron chi connectivity index (χ2n) is 4.38. The van der Waals surface area contributed by atoms with Crippen molar-refractivity contribution < 1.29 is 0 Å². The lowest BCUT2D eigenvalue weighted by molar-refractivity contribution is 1.23. The molecule has 0 aliphatic carbocycles. The third-order valence-electron chi connectivity index (χ3n) is 2.96. The van der Waals surface area contributed by atoms with E-state index in [1.165, 1.54) is 5.39 Å². The number of halogens is 1. The molecule has 100 valence electrons. The van der Waals surface area contributed by atoms with E-state index in [-0.39, 0.29) is 5.84 Å². The zero-order valence-corrected chi connectivity index (χ0v) is 12.1. The fourth-order valence-electron chi connectivity index (χ4n) is 2.01. The number of para-hydroxylation sites is 1. The first-order valence-electron chi connectivity index (χ1n) is 6.03. The summed E-state index contributed by atoms with van der Waals surface area (Å²) in [5, 5.41) is 10.2. The third-order valence-corrected chi connectivity index (χ3v) is 4.21. The average molecular weight is 302 g/mol. The summed E-state index contributed by atoms with van der Waals surface area (Å²) in [6.45, 7) is 0. The second-order valence-corrected chi connectivity index (χ2v) is 5.90. The Morgan fingerprint density at radius 3 is 2.65 bits per heavy atom. The Balaban J connectivity index is 1.90. The Morgan fingerprint density at radius 1 is 1.15 bits per heavy atom. The minimum atomic E-state index is -0.0165. The van der Waals surface area contributed by atoms with Crippen molar-refractivity contribution in [3.05, 3.63) is 59.1 Å². The first-order valence-corrected chi connectivity index (χ1v) is 7.22. The first-order chi connectivity index (χ1) is 9.63. The summed E-state index contributed by atoms with van der Waals surface area (Å²) in [5.74, 6) is -0.0165. The first kappa shape index (κ1) is 13.1. The van der Waals surface area contributed by atoms with Crippen molar-refractivity contribution in [1.82, 2.24) is 4.98 Å². The summed E-state index contributed by atoms with van der Waals surface area (Å²) >= 11 is 7.72. The van der Waals surface area contributed by atoms with E-state index in [0.29, 0.717) is 10.6 Å². The second kappa shape index (κ2) is 5.23. The van der Waals surface area contributed by atoms with Crippen LogP contribution in [0.1, 0.15) is 5.56 Å². The van der Waals surface area contributed by atoms with Gasteiger partial charge < -0.3 is 10.7 Å². The molecule has 0 saturated heterocycles. The number of amidine groups is 1. The number of nitrogens with two attached hydrogens (primary N) is 1. The Hall–Kier alpha value is -1.91. The predicted molar refractivity (Wildman–Crippen MR) is 84.9 cm³/mol. The van der Waals surface area contributed by atoms with Crippen LogP contribution in [0.15, 0.2) is 58.5 Å². The highest BCUT2D eigenvalue weighted by Crippen LogP contribution is 2.32. The number of benzene rings is 2. The fourth-order valence-corrected chi connectivity index (χ4v) is 3.27. The van der Waals surface area contributed by atoms with Crippen LogP contribution in [-0.2, 0) is 0 Å². The van der Waals surface area contributed by atoms with Gasteiger partial charge in [-0.1, -0.05) is 41.6 Å². The number of hydrogen-bond acceptors (Lipinski definition) is 2. The lowest BCUT2D eigenvalue weighted by Gasteiger charge is -2.04. The van der Waals surface area contributed by atoms with Crippen LogP contribution in [0.5, 0.6) is 0 Å². The number of nitrogen functional groups attached to an aromatic ring is 1. The van der Waals surface area contributed by atoms with Gasteiger partial charge in [0.2, 0.25) is 0 Å². The van der Waals surface area contributed by atoms with E-state index in [1.54, 1.807) is 17.8 Å². The summed E-state index contributed by atoms with van der Waals surface area (Å²) in [6, 6.07) is 15.8. The van der Waals surface area contributed by atoms with Crippen LogP contribution >= 0.6 is 23.4 Å². The lowest BCUT2D eigenvalue weighted by atomic mass is 10.2. The maximum Gasteiger partial charge on any atom is 0.124 e. The predicted octanol–water partition coefficient (Wildman–Crippen LogP) is 4.26. The summed E-state index contributed by atoms with van der Waals surface area (Å²) < 4.78 is 0. The van der Waals surface area contributed by atoms with Crippen LogP contribution < -0.4 is 5.73 Å². The number of aromatic nitrogens is 1. The van der Waals surface area contributed by atoms with Crippen molar-refractivity contribution in [2.75, 3.05) is 0 Å². The molecule has 0 radical (unpaired) electrons. The number of H-pyrrole nitrogens is 1. The molecule has 0 amide bonds. The monoisotopic (exact) mass is 301 g/mol. The fraction of sp³-hybridized carbons (Fsp3) is 0. The van der Waals surface area contributed by atoms with Crippen molar-refractivity contribution >= 4 is 40.1 Å². The van der Waals surface area contributed by atoms with E-state index in [1.807, 2.05) is 30.3 Å². The van der Waals surface area contributed by atoms with Crippen molar-refractivity contribution in [3.63, 3.8) is 0 Å². The molecule has 5 heteroatoms. The zero-order chi connectivity index (χ0) is 14.1. The molecule has 0 atom stereocenters. The van der Waals surface area contributed by atoms with Crippen molar-refractivity contribution in [1.29, 1.82) is 5.41 Å². The van der Waals surface area contributed by atoms with Crippen LogP contribution in [0.3, 0.4) is 0 Å². The molecule has 0 bridgehead atoms. The van der Waals surface area contributed by atoms with Crippen molar-refractivity contribution in [2.24, 2.45) is 5.73 Å². The lowest BCUT2D eigenvalue weighted by Crippen LogP contribution is -2.11. The number of rotatable bonds is 3. The molecule has 0 aliphatic rings. The van der Waals surface area contributed by atoms with E-state index in [9.17, 15) is 0 Å². The molecule has 0 fully saturated rings. The van der Waals surface area contributed by atoms with E-state index >= 15 is 0 Å². The molecular weight excluding hydrogens is 290 g/mol. The number of fused-ring (bicyclic) bond motifs is 1. The van der Waals surface area contributed by atoms with Crippen LogP contribution in [0, 0.1) is 5.41 Å². The number of nitrogens with one attached hydrogen (secondary N) is 2. The van der Waals surface area contributed by atoms with Gasteiger partial charge in [-0.25, -0.2) is 0 Å². The summed E-state index contributed by atoms with van der Waals surface area (Å²) in [7, 11) is 0. The van der Waals surface area contributed by atoms with Gasteiger partial charge in [0.1, 0.15) is 5.84 Å². The topological polar surface area (TPSA) is 65.7 Å². The van der Waals surface area contributed by atoms with Crippen LogP contribution in [-0.4, -0.2) is 10.8 Å². The highest BCUT2D eigenvalue weighted by molar-refractivity contribution is 7.99. The Labute approximate surface area is 125 Å². The largest absolute Gasteiger partial charge is 0.384 e. The van der Waals surface area contributed by atoms with Crippen LogP contribution in [0.2, 0.25) is 5.02 Å². The van der Waals surface area contributed by atoms with Crippen molar-refractivity contribution in [3.8, 4) is 0 Å². The molecule has 0 spiro atoms. The molecule has 0 aliphatic heterocycles. The van der Waals surface area contributed by atoms with Gasteiger partial charge in [-0.15, -0.1) is 0 Å². The van der Waals surface area contributed by atoms with Gasteiger partial charge in [-0.05, 0) is 30.3 Å². The molecule has 20 heavy (non-hydrogen) atoms. The highest BCUT2D eigenvalue weighted by atomic mass is 35.5. The smallest absolute Gasteiger partial charge is 0.124 e. The maximum atomic E-state index is 7.42. The third kappa shape index (κ3) is 2.53. The van der Waals surface area contributed by atoms with E-state index < -0.39 is 0 Å². The minimum absolute atomic E-state index is 0.0165. The normalized spacial score (nSPS) is 10.8. The SMILES string of the molecule is N=C(N)c1ccc(Sc2cc3ccccc3[nH]2)cc1Cl. The quantitative estimate of drug-likeness (QED) is 0.500. The van der Waals surface area contributed by atoms with E-state index in [0.717, 1.165) is 15.4 Å². The molecule has 3 aromatic rings. The molecule has 3 rings (SSSR count). The van der Waals surface area contributed by atoms with Gasteiger partial charge in [0, 0.05) is 21.4 Å². The molecule has 3 nitrogen and oxygen atoms in total. The van der Waals surface area contributed by atoms with Gasteiger partial charge in [-0.2, -0.15) is 0 Å².